The predicted octanol–water partition coefficient (Wildman–Crippen LogP) is 3.13. The third kappa shape index (κ3) is 3.61. The van der Waals surface area contributed by atoms with Crippen LogP contribution < -0.4 is 5.32 Å². The molecule has 19 heavy (non-hydrogen) atoms. The summed E-state index contributed by atoms with van der Waals surface area (Å²) < 4.78 is 5.43. The summed E-state index contributed by atoms with van der Waals surface area (Å²) in [4.78, 5) is 2.38. The van der Waals surface area contributed by atoms with Gasteiger partial charge in [0.05, 0.1) is 12.8 Å². The molecular formula is C16H28N2O. The van der Waals surface area contributed by atoms with Gasteiger partial charge in [-0.05, 0) is 49.9 Å². The van der Waals surface area contributed by atoms with Crippen LogP contribution in [0, 0.1) is 11.3 Å². The zero-order chi connectivity index (χ0) is 13.9. The van der Waals surface area contributed by atoms with Gasteiger partial charge in [-0.2, -0.15) is 0 Å². The molecule has 2 rings (SSSR count). The summed E-state index contributed by atoms with van der Waals surface area (Å²) in [5.41, 5.74) is 0.423. The molecule has 1 heterocycles. The van der Waals surface area contributed by atoms with E-state index in [4.69, 9.17) is 4.42 Å². The molecule has 1 saturated carbocycles. The van der Waals surface area contributed by atoms with Gasteiger partial charge in [0.15, 0.2) is 0 Å². The third-order valence-electron chi connectivity index (χ3n) is 4.45. The molecule has 3 nitrogen and oxygen atoms in total. The molecule has 0 radical (unpaired) electrons. The minimum atomic E-state index is 0.423. The molecule has 0 aromatic carbocycles. The van der Waals surface area contributed by atoms with Crippen molar-refractivity contribution < 1.29 is 4.42 Å². The van der Waals surface area contributed by atoms with Crippen LogP contribution in [0.2, 0.25) is 0 Å². The van der Waals surface area contributed by atoms with Crippen LogP contribution in [0.25, 0.3) is 0 Å². The molecular weight excluding hydrogens is 236 g/mol. The maximum absolute atomic E-state index is 5.43. The average molecular weight is 264 g/mol. The second kappa shape index (κ2) is 6.10. The lowest BCUT2D eigenvalue weighted by Crippen LogP contribution is -2.45. The molecule has 1 N–H and O–H groups in total. The average Bonchev–Trinajstić information content (AvgIpc) is 2.92. The van der Waals surface area contributed by atoms with E-state index in [1.165, 1.54) is 12.8 Å². The number of rotatable bonds is 6. The van der Waals surface area contributed by atoms with E-state index in [2.05, 4.69) is 44.1 Å². The van der Waals surface area contributed by atoms with Gasteiger partial charge in [0, 0.05) is 12.6 Å². The van der Waals surface area contributed by atoms with Crippen LogP contribution >= 0.6 is 0 Å². The van der Waals surface area contributed by atoms with Crippen LogP contribution in [0.1, 0.15) is 39.4 Å². The number of hydrogen-bond acceptors (Lipinski definition) is 3. The molecule has 1 aromatic heterocycles. The number of nitrogens with zero attached hydrogens (tertiary/aromatic N) is 1. The highest BCUT2D eigenvalue weighted by molar-refractivity contribution is 4.99. The van der Waals surface area contributed by atoms with Gasteiger partial charge in [-0.1, -0.05) is 20.8 Å². The van der Waals surface area contributed by atoms with Crippen molar-refractivity contribution in [3.05, 3.63) is 24.2 Å². The highest BCUT2D eigenvalue weighted by Crippen LogP contribution is 2.41. The lowest BCUT2D eigenvalue weighted by Gasteiger charge is -2.33. The fourth-order valence-electron chi connectivity index (χ4n) is 3.51. The summed E-state index contributed by atoms with van der Waals surface area (Å²) in [7, 11) is 2.19. The van der Waals surface area contributed by atoms with Gasteiger partial charge in [-0.25, -0.2) is 0 Å². The Hall–Kier alpha value is -0.800. The maximum Gasteiger partial charge on any atom is 0.117 e. The lowest BCUT2D eigenvalue weighted by atomic mass is 9.84. The van der Waals surface area contributed by atoms with Gasteiger partial charge in [-0.3, -0.25) is 4.90 Å². The first-order chi connectivity index (χ1) is 9.03. The largest absolute Gasteiger partial charge is 0.468 e. The maximum atomic E-state index is 5.43. The standard InChI is InChI=1S/C16H28N2O/c1-5-17-15-13(8-9-16(15,2)3)11-18(4)12-14-7-6-10-19-14/h6-7,10,13,15,17H,5,8-9,11-12H2,1-4H3. The van der Waals surface area contributed by atoms with Crippen molar-refractivity contribution in [3.63, 3.8) is 0 Å². The number of furan rings is 1. The van der Waals surface area contributed by atoms with E-state index in [0.717, 1.165) is 31.3 Å². The Balaban J connectivity index is 1.90. The van der Waals surface area contributed by atoms with Crippen LogP contribution in [0.4, 0.5) is 0 Å². The van der Waals surface area contributed by atoms with E-state index in [0.29, 0.717) is 11.5 Å². The summed E-state index contributed by atoms with van der Waals surface area (Å²) in [5.74, 6) is 1.80. The van der Waals surface area contributed by atoms with Crippen LogP contribution in [0.5, 0.6) is 0 Å². The number of hydrogen-bond donors (Lipinski definition) is 1. The molecule has 2 atom stereocenters. The van der Waals surface area contributed by atoms with E-state index in [1.54, 1.807) is 6.26 Å². The van der Waals surface area contributed by atoms with Crippen LogP contribution in [0.3, 0.4) is 0 Å². The molecule has 108 valence electrons. The zero-order valence-corrected chi connectivity index (χ0v) is 12.8. The van der Waals surface area contributed by atoms with Crippen molar-refractivity contribution >= 4 is 0 Å². The summed E-state index contributed by atoms with van der Waals surface area (Å²) >= 11 is 0. The summed E-state index contributed by atoms with van der Waals surface area (Å²) in [5, 5.41) is 3.70. The Morgan fingerprint density at radius 2 is 2.26 bits per heavy atom. The molecule has 1 aromatic rings. The SMILES string of the molecule is CCNC1C(CN(C)Cc2ccco2)CCC1(C)C. The summed E-state index contributed by atoms with van der Waals surface area (Å²) in [6, 6.07) is 4.65. The second-order valence-electron chi connectivity index (χ2n) is 6.60. The second-order valence-corrected chi connectivity index (χ2v) is 6.60. The number of nitrogens with one attached hydrogen (secondary N) is 1. The van der Waals surface area contributed by atoms with Crippen molar-refractivity contribution in [2.45, 2.75) is 46.2 Å². The Morgan fingerprint density at radius 3 is 2.89 bits per heavy atom. The monoisotopic (exact) mass is 264 g/mol. The Morgan fingerprint density at radius 1 is 1.47 bits per heavy atom. The summed E-state index contributed by atoms with van der Waals surface area (Å²) in [6.07, 6.45) is 4.40. The fraction of sp³-hybridized carbons (Fsp3) is 0.750. The molecule has 1 aliphatic rings. The van der Waals surface area contributed by atoms with E-state index < -0.39 is 0 Å². The van der Waals surface area contributed by atoms with Gasteiger partial charge >= 0.3 is 0 Å². The van der Waals surface area contributed by atoms with E-state index >= 15 is 0 Å². The zero-order valence-electron chi connectivity index (χ0n) is 12.8. The Labute approximate surface area is 117 Å². The van der Waals surface area contributed by atoms with Gasteiger partial charge in [0.1, 0.15) is 5.76 Å². The smallest absolute Gasteiger partial charge is 0.117 e. The minimum Gasteiger partial charge on any atom is -0.468 e. The summed E-state index contributed by atoms with van der Waals surface area (Å²) in [6.45, 7) is 10.1. The van der Waals surface area contributed by atoms with Gasteiger partial charge in [0.2, 0.25) is 0 Å². The topological polar surface area (TPSA) is 28.4 Å². The molecule has 1 fully saturated rings. The van der Waals surface area contributed by atoms with Gasteiger partial charge in [-0.15, -0.1) is 0 Å². The molecule has 3 heteroatoms. The highest BCUT2D eigenvalue weighted by atomic mass is 16.3. The van der Waals surface area contributed by atoms with E-state index in [-0.39, 0.29) is 0 Å². The first-order valence-corrected chi connectivity index (χ1v) is 7.47. The van der Waals surface area contributed by atoms with Crippen LogP contribution in [-0.2, 0) is 6.54 Å². The molecule has 2 unspecified atom stereocenters. The Kier molecular flexibility index (Phi) is 4.69. The van der Waals surface area contributed by atoms with Crippen LogP contribution in [-0.4, -0.2) is 31.1 Å². The van der Waals surface area contributed by atoms with Crippen molar-refractivity contribution in [3.8, 4) is 0 Å². The third-order valence-corrected chi connectivity index (χ3v) is 4.45. The van der Waals surface area contributed by atoms with Gasteiger partial charge in [0.25, 0.3) is 0 Å². The molecule has 1 aliphatic carbocycles. The molecule has 0 amide bonds. The first-order valence-electron chi connectivity index (χ1n) is 7.47. The van der Waals surface area contributed by atoms with E-state index in [1.807, 2.05) is 6.07 Å². The molecule has 0 spiro atoms. The first kappa shape index (κ1) is 14.6. The quantitative estimate of drug-likeness (QED) is 0.855. The van der Waals surface area contributed by atoms with Crippen LogP contribution in [0.15, 0.2) is 22.8 Å². The van der Waals surface area contributed by atoms with Crippen molar-refractivity contribution in [1.29, 1.82) is 0 Å². The highest BCUT2D eigenvalue weighted by Gasteiger charge is 2.41. The minimum absolute atomic E-state index is 0.423. The van der Waals surface area contributed by atoms with Crippen molar-refractivity contribution in [2.75, 3.05) is 20.1 Å². The van der Waals surface area contributed by atoms with Gasteiger partial charge < -0.3 is 9.73 Å². The predicted molar refractivity (Wildman–Crippen MR) is 79.0 cm³/mol. The molecule has 0 saturated heterocycles. The van der Waals surface area contributed by atoms with E-state index in [9.17, 15) is 0 Å². The van der Waals surface area contributed by atoms with Crippen molar-refractivity contribution in [1.82, 2.24) is 10.2 Å². The molecule has 0 aliphatic heterocycles. The Bertz CT molecular complexity index is 372. The normalized spacial score (nSPS) is 26.2. The molecule has 0 bridgehead atoms. The van der Waals surface area contributed by atoms with Crippen molar-refractivity contribution in [2.24, 2.45) is 11.3 Å². The fourth-order valence-corrected chi connectivity index (χ4v) is 3.51. The lowest BCUT2D eigenvalue weighted by molar-refractivity contribution is 0.195.